The second-order valence-electron chi connectivity index (χ2n) is 5.58. The highest BCUT2D eigenvalue weighted by atomic mass is 32.1. The summed E-state index contributed by atoms with van der Waals surface area (Å²) < 4.78 is 0. The first-order chi connectivity index (χ1) is 10.2. The van der Waals surface area contributed by atoms with E-state index in [1.807, 2.05) is 6.07 Å². The van der Waals surface area contributed by atoms with Crippen LogP contribution in [0.1, 0.15) is 37.0 Å². The lowest BCUT2D eigenvalue weighted by Gasteiger charge is -2.09. The van der Waals surface area contributed by atoms with Gasteiger partial charge in [0.1, 0.15) is 0 Å². The molecule has 0 atom stereocenters. The monoisotopic (exact) mass is 311 g/mol. The maximum Gasteiger partial charge on any atom is 0.314 e. The van der Waals surface area contributed by atoms with Gasteiger partial charge in [-0.1, -0.05) is 25.3 Å². The van der Waals surface area contributed by atoms with Crippen LogP contribution >= 0.6 is 11.3 Å². The normalized spacial score (nSPS) is 10.8. The minimum absolute atomic E-state index is 0.0424. The first-order valence-corrected chi connectivity index (χ1v) is 8.75. The summed E-state index contributed by atoms with van der Waals surface area (Å²) in [6.07, 6.45) is 6.99. The molecule has 1 rings (SSSR count). The van der Waals surface area contributed by atoms with E-state index in [9.17, 15) is 4.79 Å². The summed E-state index contributed by atoms with van der Waals surface area (Å²) in [4.78, 5) is 15.1. The van der Waals surface area contributed by atoms with Crippen molar-refractivity contribution in [1.82, 2.24) is 15.5 Å². The minimum Gasteiger partial charge on any atom is -0.338 e. The largest absolute Gasteiger partial charge is 0.338 e. The van der Waals surface area contributed by atoms with Crippen molar-refractivity contribution in [3.63, 3.8) is 0 Å². The van der Waals surface area contributed by atoms with Crippen LogP contribution in [0.3, 0.4) is 0 Å². The molecule has 0 saturated carbocycles. The first-order valence-electron chi connectivity index (χ1n) is 7.87. The van der Waals surface area contributed by atoms with Gasteiger partial charge in [-0.3, -0.25) is 0 Å². The summed E-state index contributed by atoms with van der Waals surface area (Å²) in [6.45, 7) is 2.65. The lowest BCUT2D eigenvalue weighted by atomic mass is 10.1. The summed E-state index contributed by atoms with van der Waals surface area (Å²) in [7, 11) is 4.22. The topological polar surface area (TPSA) is 44.4 Å². The summed E-state index contributed by atoms with van der Waals surface area (Å²) in [5.41, 5.74) is 0. The molecule has 0 spiro atoms. The van der Waals surface area contributed by atoms with Gasteiger partial charge in [-0.05, 0) is 51.3 Å². The van der Waals surface area contributed by atoms with Crippen LogP contribution in [0.2, 0.25) is 0 Å². The average molecular weight is 311 g/mol. The summed E-state index contributed by atoms with van der Waals surface area (Å²) in [5, 5.41) is 7.88. The predicted molar refractivity (Wildman–Crippen MR) is 91.1 cm³/mol. The molecular formula is C16H29N3OS. The number of carbonyl (C=O) groups excluding carboxylic acids is 1. The number of urea groups is 1. The van der Waals surface area contributed by atoms with E-state index >= 15 is 0 Å². The highest BCUT2D eigenvalue weighted by molar-refractivity contribution is 7.09. The van der Waals surface area contributed by atoms with Crippen LogP contribution in [0, 0.1) is 0 Å². The second kappa shape index (κ2) is 11.6. The zero-order chi connectivity index (χ0) is 15.3. The van der Waals surface area contributed by atoms with Crippen molar-refractivity contribution in [1.29, 1.82) is 0 Å². The molecule has 2 amide bonds. The number of hydrogen-bond donors (Lipinski definition) is 2. The van der Waals surface area contributed by atoms with E-state index in [0.29, 0.717) is 6.54 Å². The van der Waals surface area contributed by atoms with E-state index in [2.05, 4.69) is 41.1 Å². The number of unbranched alkanes of at least 4 members (excludes halogenated alkanes) is 4. The Morgan fingerprint density at radius 1 is 1.10 bits per heavy atom. The van der Waals surface area contributed by atoms with E-state index in [-0.39, 0.29) is 6.03 Å². The van der Waals surface area contributed by atoms with Crippen molar-refractivity contribution >= 4 is 17.4 Å². The fraction of sp³-hybridized carbons (Fsp3) is 0.688. The van der Waals surface area contributed by atoms with Gasteiger partial charge < -0.3 is 15.5 Å². The Hall–Kier alpha value is -1.07. The molecule has 5 heteroatoms. The Morgan fingerprint density at radius 3 is 2.52 bits per heavy atom. The third-order valence-corrected chi connectivity index (χ3v) is 4.24. The van der Waals surface area contributed by atoms with Crippen molar-refractivity contribution in [2.75, 3.05) is 33.7 Å². The Labute approximate surface area is 132 Å². The van der Waals surface area contributed by atoms with Gasteiger partial charge in [0.2, 0.25) is 0 Å². The molecule has 0 aliphatic rings. The van der Waals surface area contributed by atoms with Gasteiger partial charge in [0.25, 0.3) is 0 Å². The van der Waals surface area contributed by atoms with Gasteiger partial charge in [0.15, 0.2) is 0 Å². The molecule has 0 fully saturated rings. The molecule has 0 unspecified atom stereocenters. The molecule has 0 aliphatic carbocycles. The van der Waals surface area contributed by atoms with Crippen molar-refractivity contribution < 1.29 is 4.79 Å². The maximum absolute atomic E-state index is 11.6. The molecule has 1 heterocycles. The fourth-order valence-electron chi connectivity index (χ4n) is 2.10. The fourth-order valence-corrected chi connectivity index (χ4v) is 2.81. The van der Waals surface area contributed by atoms with Crippen LogP contribution < -0.4 is 10.6 Å². The second-order valence-corrected chi connectivity index (χ2v) is 6.62. The average Bonchev–Trinajstić information content (AvgIpc) is 2.94. The molecule has 0 bridgehead atoms. The Kier molecular flexibility index (Phi) is 9.91. The standard InChI is InChI=1S/C16H29N3OS/c1-19(2)13-7-5-3-4-6-11-17-16(20)18-12-10-15-9-8-14-21-15/h8-9,14H,3-7,10-13H2,1-2H3,(H2,17,18,20). The molecule has 120 valence electrons. The lowest BCUT2D eigenvalue weighted by molar-refractivity contribution is 0.241. The van der Waals surface area contributed by atoms with E-state index in [1.165, 1.54) is 37.1 Å². The zero-order valence-corrected chi connectivity index (χ0v) is 14.2. The highest BCUT2D eigenvalue weighted by Gasteiger charge is 2.00. The zero-order valence-electron chi connectivity index (χ0n) is 13.4. The summed E-state index contributed by atoms with van der Waals surface area (Å²) in [6, 6.07) is 4.10. The SMILES string of the molecule is CN(C)CCCCCCCNC(=O)NCCc1cccs1. The lowest BCUT2D eigenvalue weighted by Crippen LogP contribution is -2.37. The molecule has 1 aromatic heterocycles. The molecule has 0 saturated heterocycles. The van der Waals surface area contributed by atoms with Crippen LogP contribution in [0.25, 0.3) is 0 Å². The number of hydrogen-bond acceptors (Lipinski definition) is 3. The quantitative estimate of drug-likeness (QED) is 0.617. The Bertz CT molecular complexity index is 366. The van der Waals surface area contributed by atoms with Crippen molar-refractivity contribution in [3.8, 4) is 0 Å². The number of carbonyl (C=O) groups is 1. The van der Waals surface area contributed by atoms with Crippen LogP contribution in [-0.2, 0) is 6.42 Å². The van der Waals surface area contributed by atoms with E-state index in [0.717, 1.165) is 19.4 Å². The summed E-state index contributed by atoms with van der Waals surface area (Å²) in [5.74, 6) is 0. The van der Waals surface area contributed by atoms with Crippen LogP contribution in [0.5, 0.6) is 0 Å². The van der Waals surface area contributed by atoms with Gasteiger partial charge in [-0.25, -0.2) is 4.79 Å². The molecule has 1 aromatic rings. The number of amides is 2. The maximum atomic E-state index is 11.6. The predicted octanol–water partition coefficient (Wildman–Crippen LogP) is 3.10. The van der Waals surface area contributed by atoms with Gasteiger partial charge >= 0.3 is 6.03 Å². The molecule has 0 aliphatic heterocycles. The van der Waals surface area contributed by atoms with Crippen molar-refractivity contribution in [2.45, 2.75) is 38.5 Å². The molecule has 0 aromatic carbocycles. The molecule has 0 radical (unpaired) electrons. The van der Waals surface area contributed by atoms with Crippen molar-refractivity contribution in [2.24, 2.45) is 0 Å². The van der Waals surface area contributed by atoms with E-state index in [1.54, 1.807) is 11.3 Å². The number of thiophene rings is 1. The third-order valence-electron chi connectivity index (χ3n) is 3.30. The van der Waals surface area contributed by atoms with Gasteiger partial charge in [0, 0.05) is 18.0 Å². The van der Waals surface area contributed by atoms with Crippen LogP contribution in [0.4, 0.5) is 4.79 Å². The van der Waals surface area contributed by atoms with Crippen molar-refractivity contribution in [3.05, 3.63) is 22.4 Å². The van der Waals surface area contributed by atoms with Crippen LogP contribution in [-0.4, -0.2) is 44.7 Å². The molecule has 2 N–H and O–H groups in total. The highest BCUT2D eigenvalue weighted by Crippen LogP contribution is 2.08. The molecular weight excluding hydrogens is 282 g/mol. The Morgan fingerprint density at radius 2 is 1.81 bits per heavy atom. The van der Waals surface area contributed by atoms with E-state index < -0.39 is 0 Å². The first kappa shape index (κ1) is 18.0. The van der Waals surface area contributed by atoms with Gasteiger partial charge in [-0.15, -0.1) is 11.3 Å². The Balaban J connectivity index is 1.85. The van der Waals surface area contributed by atoms with E-state index in [4.69, 9.17) is 0 Å². The number of nitrogens with one attached hydrogen (secondary N) is 2. The van der Waals surface area contributed by atoms with Crippen LogP contribution in [0.15, 0.2) is 17.5 Å². The summed E-state index contributed by atoms with van der Waals surface area (Å²) >= 11 is 1.73. The number of rotatable bonds is 11. The van der Waals surface area contributed by atoms with Gasteiger partial charge in [0.05, 0.1) is 0 Å². The number of nitrogens with zero attached hydrogens (tertiary/aromatic N) is 1. The molecule has 21 heavy (non-hydrogen) atoms. The smallest absolute Gasteiger partial charge is 0.314 e. The molecule has 4 nitrogen and oxygen atoms in total. The minimum atomic E-state index is -0.0424. The van der Waals surface area contributed by atoms with Gasteiger partial charge in [-0.2, -0.15) is 0 Å². The third kappa shape index (κ3) is 10.3.